The average molecular weight is 368 g/mol. The summed E-state index contributed by atoms with van der Waals surface area (Å²) in [6.07, 6.45) is 3.24. The van der Waals surface area contributed by atoms with Crippen LogP contribution in [0.5, 0.6) is 0 Å². The van der Waals surface area contributed by atoms with Gasteiger partial charge >= 0.3 is 5.97 Å². The maximum Gasteiger partial charge on any atom is 0.337 e. The van der Waals surface area contributed by atoms with Crippen LogP contribution < -0.4 is 5.32 Å². The van der Waals surface area contributed by atoms with Crippen molar-refractivity contribution in [2.24, 2.45) is 5.16 Å². The van der Waals surface area contributed by atoms with Gasteiger partial charge in [-0.05, 0) is 43.0 Å². The Bertz CT molecular complexity index is 758. The molecular weight excluding hydrogens is 344 g/mol. The number of methoxy groups -OCH3 is 1. The quantitative estimate of drug-likeness (QED) is 0.419. The Morgan fingerprint density at radius 1 is 1.11 bits per heavy atom. The second-order valence-corrected chi connectivity index (χ2v) is 6.11. The summed E-state index contributed by atoms with van der Waals surface area (Å²) in [5, 5.41) is 6.66. The first kappa shape index (κ1) is 20.2. The van der Waals surface area contributed by atoms with Crippen molar-refractivity contribution >= 4 is 18.1 Å². The number of carbonyl (C=O) groups is 2. The van der Waals surface area contributed by atoms with E-state index in [-0.39, 0.29) is 18.6 Å². The lowest BCUT2D eigenvalue weighted by atomic mass is 10.1. The molecule has 2 aromatic rings. The van der Waals surface area contributed by atoms with Crippen molar-refractivity contribution in [3.8, 4) is 0 Å². The monoisotopic (exact) mass is 368 g/mol. The minimum absolute atomic E-state index is 0.0520. The smallest absolute Gasteiger partial charge is 0.337 e. The molecule has 0 aromatic heterocycles. The molecule has 0 heterocycles. The minimum Gasteiger partial charge on any atom is -0.465 e. The number of aryl methyl sites for hydroxylation is 1. The Labute approximate surface area is 159 Å². The highest BCUT2D eigenvalue weighted by Gasteiger charge is 2.08. The largest absolute Gasteiger partial charge is 0.465 e. The fraction of sp³-hybridized carbons (Fsp3) is 0.286. The Morgan fingerprint density at radius 2 is 1.81 bits per heavy atom. The van der Waals surface area contributed by atoms with Crippen molar-refractivity contribution in [1.29, 1.82) is 0 Å². The summed E-state index contributed by atoms with van der Waals surface area (Å²) in [7, 11) is 1.33. The Kier molecular flexibility index (Phi) is 8.03. The summed E-state index contributed by atoms with van der Waals surface area (Å²) >= 11 is 0. The van der Waals surface area contributed by atoms with Crippen LogP contribution in [0.1, 0.15) is 34.8 Å². The molecule has 0 aliphatic rings. The molecule has 6 nitrogen and oxygen atoms in total. The van der Waals surface area contributed by atoms with E-state index in [0.29, 0.717) is 5.56 Å². The lowest BCUT2D eigenvalue weighted by Gasteiger charge is -2.13. The van der Waals surface area contributed by atoms with E-state index in [2.05, 4.69) is 27.3 Å². The normalized spacial score (nSPS) is 11.8. The van der Waals surface area contributed by atoms with E-state index >= 15 is 0 Å². The van der Waals surface area contributed by atoms with Gasteiger partial charge in [0.2, 0.25) is 0 Å². The number of ether oxygens (including phenoxy) is 1. The number of amides is 1. The molecule has 1 unspecified atom stereocenters. The summed E-state index contributed by atoms with van der Waals surface area (Å²) in [5.74, 6) is -0.610. The van der Waals surface area contributed by atoms with Gasteiger partial charge in [-0.3, -0.25) is 4.79 Å². The van der Waals surface area contributed by atoms with Crippen LogP contribution in [0, 0.1) is 0 Å². The molecule has 0 aliphatic heterocycles. The Morgan fingerprint density at radius 3 is 2.48 bits per heavy atom. The zero-order chi connectivity index (χ0) is 19.5. The van der Waals surface area contributed by atoms with Gasteiger partial charge in [0.05, 0.1) is 18.9 Å². The topological polar surface area (TPSA) is 77.0 Å². The van der Waals surface area contributed by atoms with Crippen molar-refractivity contribution in [2.75, 3.05) is 13.7 Å². The van der Waals surface area contributed by atoms with Gasteiger partial charge in [0.1, 0.15) is 0 Å². The van der Waals surface area contributed by atoms with Crippen LogP contribution in [0.3, 0.4) is 0 Å². The van der Waals surface area contributed by atoms with E-state index in [0.717, 1.165) is 18.4 Å². The van der Waals surface area contributed by atoms with Crippen LogP contribution in [0.4, 0.5) is 0 Å². The molecule has 2 aromatic carbocycles. The zero-order valence-electron chi connectivity index (χ0n) is 15.6. The first-order chi connectivity index (χ1) is 13.1. The molecule has 0 spiro atoms. The molecule has 27 heavy (non-hydrogen) atoms. The summed E-state index contributed by atoms with van der Waals surface area (Å²) in [5.41, 5.74) is 2.45. The third kappa shape index (κ3) is 7.32. The van der Waals surface area contributed by atoms with Gasteiger partial charge in [-0.2, -0.15) is 0 Å². The molecule has 142 valence electrons. The molecule has 0 fully saturated rings. The van der Waals surface area contributed by atoms with Crippen LogP contribution >= 0.6 is 0 Å². The van der Waals surface area contributed by atoms with Gasteiger partial charge in [0.15, 0.2) is 6.61 Å². The number of hydrogen-bond donors (Lipinski definition) is 1. The highest BCUT2D eigenvalue weighted by molar-refractivity contribution is 5.90. The Hall–Kier alpha value is -3.15. The zero-order valence-corrected chi connectivity index (χ0v) is 15.6. The van der Waals surface area contributed by atoms with E-state index in [1.54, 1.807) is 24.3 Å². The standard InChI is InChI=1S/C21H24N2O4/c1-16(8-9-17-6-4-3-5-7-17)23-20(24)15-27-22-14-18-10-12-19(13-11-18)21(25)26-2/h3-7,10-14,16H,8-9,15H2,1-2H3,(H,23,24)/b22-14+. The molecule has 1 N–H and O–H groups in total. The van der Waals surface area contributed by atoms with E-state index < -0.39 is 5.97 Å². The number of nitrogens with one attached hydrogen (secondary N) is 1. The van der Waals surface area contributed by atoms with Gasteiger partial charge in [-0.15, -0.1) is 0 Å². The first-order valence-corrected chi connectivity index (χ1v) is 8.75. The van der Waals surface area contributed by atoms with Gasteiger partial charge < -0.3 is 14.9 Å². The molecule has 0 aliphatic carbocycles. The fourth-order valence-electron chi connectivity index (χ4n) is 2.43. The van der Waals surface area contributed by atoms with Crippen LogP contribution in [-0.2, 0) is 20.8 Å². The third-order valence-electron chi connectivity index (χ3n) is 3.92. The van der Waals surface area contributed by atoms with Crippen LogP contribution in [0.15, 0.2) is 59.8 Å². The SMILES string of the molecule is COC(=O)c1ccc(/C=N/OCC(=O)NC(C)CCc2ccccc2)cc1. The van der Waals surface area contributed by atoms with Gasteiger partial charge in [-0.1, -0.05) is 47.6 Å². The van der Waals surface area contributed by atoms with Crippen molar-refractivity contribution < 1.29 is 19.2 Å². The molecular formula is C21H24N2O4. The fourth-order valence-corrected chi connectivity index (χ4v) is 2.43. The average Bonchev–Trinajstić information content (AvgIpc) is 2.70. The summed E-state index contributed by atoms with van der Waals surface area (Å²) in [6, 6.07) is 16.9. The second kappa shape index (κ2) is 10.8. The molecule has 2 rings (SSSR count). The van der Waals surface area contributed by atoms with Gasteiger partial charge in [-0.25, -0.2) is 4.79 Å². The lowest BCUT2D eigenvalue weighted by Crippen LogP contribution is -2.35. The van der Waals surface area contributed by atoms with Gasteiger partial charge in [0.25, 0.3) is 5.91 Å². The van der Waals surface area contributed by atoms with E-state index in [9.17, 15) is 9.59 Å². The minimum atomic E-state index is -0.396. The highest BCUT2D eigenvalue weighted by Crippen LogP contribution is 2.05. The number of hydrogen-bond acceptors (Lipinski definition) is 5. The molecule has 6 heteroatoms. The maximum atomic E-state index is 11.9. The van der Waals surface area contributed by atoms with E-state index in [1.807, 2.05) is 25.1 Å². The van der Waals surface area contributed by atoms with Crippen molar-refractivity contribution in [1.82, 2.24) is 5.32 Å². The number of rotatable bonds is 9. The van der Waals surface area contributed by atoms with Crippen LogP contribution in [-0.4, -0.2) is 37.8 Å². The number of benzene rings is 2. The van der Waals surface area contributed by atoms with Crippen LogP contribution in [0.25, 0.3) is 0 Å². The summed E-state index contributed by atoms with van der Waals surface area (Å²) < 4.78 is 4.63. The Balaban J connectivity index is 1.67. The van der Waals surface area contributed by atoms with Crippen molar-refractivity contribution in [3.63, 3.8) is 0 Å². The van der Waals surface area contributed by atoms with E-state index in [4.69, 9.17) is 4.84 Å². The van der Waals surface area contributed by atoms with Crippen molar-refractivity contribution in [2.45, 2.75) is 25.8 Å². The van der Waals surface area contributed by atoms with Crippen molar-refractivity contribution in [3.05, 3.63) is 71.3 Å². The van der Waals surface area contributed by atoms with E-state index in [1.165, 1.54) is 18.9 Å². The predicted molar refractivity (Wildman–Crippen MR) is 104 cm³/mol. The summed E-state index contributed by atoms with van der Waals surface area (Å²) in [6.45, 7) is 1.82. The molecule has 0 saturated heterocycles. The highest BCUT2D eigenvalue weighted by atomic mass is 16.6. The predicted octanol–water partition coefficient (Wildman–Crippen LogP) is 2.96. The molecule has 1 amide bonds. The first-order valence-electron chi connectivity index (χ1n) is 8.75. The number of esters is 1. The third-order valence-corrected chi connectivity index (χ3v) is 3.92. The van der Waals surface area contributed by atoms with Crippen LogP contribution in [0.2, 0.25) is 0 Å². The number of nitrogens with zero attached hydrogens (tertiary/aromatic N) is 1. The molecule has 1 atom stereocenters. The maximum absolute atomic E-state index is 11.9. The van der Waals surface area contributed by atoms with Gasteiger partial charge in [0, 0.05) is 6.04 Å². The molecule has 0 bridgehead atoms. The summed E-state index contributed by atoms with van der Waals surface area (Å²) in [4.78, 5) is 28.2. The molecule has 0 saturated carbocycles. The number of carbonyl (C=O) groups excluding carboxylic acids is 2. The number of oxime groups is 1. The molecule has 0 radical (unpaired) electrons. The second-order valence-electron chi connectivity index (χ2n) is 6.11. The lowest BCUT2D eigenvalue weighted by molar-refractivity contribution is -0.126.